The van der Waals surface area contributed by atoms with Crippen molar-refractivity contribution in [1.29, 1.82) is 0 Å². The molecule has 0 fully saturated rings. The van der Waals surface area contributed by atoms with E-state index in [1.165, 1.54) is 0 Å². The van der Waals surface area contributed by atoms with Crippen molar-refractivity contribution in [2.75, 3.05) is 7.11 Å². The molecule has 0 aromatic carbocycles. The van der Waals surface area contributed by atoms with Gasteiger partial charge in [0.15, 0.2) is 0 Å². The molecule has 0 radical (unpaired) electrons. The molecule has 2 heteroatoms. The Kier molecular flexibility index (Phi) is 5.11. The van der Waals surface area contributed by atoms with Gasteiger partial charge in [0.1, 0.15) is 0 Å². The number of nitrogens with one attached hydrogen (secondary N) is 1. The van der Waals surface area contributed by atoms with Gasteiger partial charge in [0, 0.05) is 6.20 Å². The molecule has 0 unspecified atom stereocenters. The van der Waals surface area contributed by atoms with Crippen LogP contribution in [-0.4, -0.2) is 7.11 Å². The Bertz CT molecular complexity index is 52.0. The van der Waals surface area contributed by atoms with E-state index in [9.17, 15) is 0 Å². The SMILES string of the molecule is CCC=CNOC. The van der Waals surface area contributed by atoms with Crippen LogP contribution in [0.3, 0.4) is 0 Å². The summed E-state index contributed by atoms with van der Waals surface area (Å²) in [5.74, 6) is 0. The maximum absolute atomic E-state index is 4.51. The van der Waals surface area contributed by atoms with Crippen LogP contribution in [0.1, 0.15) is 13.3 Å². The predicted molar refractivity (Wildman–Crippen MR) is 29.6 cm³/mol. The molecule has 0 bridgehead atoms. The van der Waals surface area contributed by atoms with E-state index in [2.05, 4.69) is 17.2 Å². The highest BCUT2D eigenvalue weighted by Crippen LogP contribution is 1.73. The Morgan fingerprint density at radius 2 is 2.43 bits per heavy atom. The molecule has 0 aliphatic heterocycles. The van der Waals surface area contributed by atoms with Crippen molar-refractivity contribution < 1.29 is 4.84 Å². The number of hydrogen-bond acceptors (Lipinski definition) is 2. The van der Waals surface area contributed by atoms with Gasteiger partial charge in [-0.05, 0) is 6.42 Å². The molecule has 0 heterocycles. The van der Waals surface area contributed by atoms with Gasteiger partial charge >= 0.3 is 0 Å². The molecule has 0 atom stereocenters. The second-order valence-corrected chi connectivity index (χ2v) is 1.13. The van der Waals surface area contributed by atoms with Gasteiger partial charge in [-0.2, -0.15) is 0 Å². The third-order valence-corrected chi connectivity index (χ3v) is 0.539. The number of hydroxylamine groups is 1. The van der Waals surface area contributed by atoms with E-state index in [1.54, 1.807) is 13.3 Å². The quantitative estimate of drug-likeness (QED) is 0.537. The molecule has 0 spiro atoms. The summed E-state index contributed by atoms with van der Waals surface area (Å²) in [4.78, 5) is 4.51. The van der Waals surface area contributed by atoms with Crippen molar-refractivity contribution in [3.8, 4) is 0 Å². The lowest BCUT2D eigenvalue weighted by Crippen LogP contribution is -1.99. The highest BCUT2D eigenvalue weighted by atomic mass is 16.6. The summed E-state index contributed by atoms with van der Waals surface area (Å²) in [5, 5.41) is 0. The first-order chi connectivity index (χ1) is 3.41. The standard InChI is InChI=1S/C5H11NO/c1-3-4-5-6-7-2/h4-6H,3H2,1-2H3. The first-order valence-electron chi connectivity index (χ1n) is 2.35. The summed E-state index contributed by atoms with van der Waals surface area (Å²) < 4.78 is 0. The van der Waals surface area contributed by atoms with Crippen LogP contribution in [0.2, 0.25) is 0 Å². The van der Waals surface area contributed by atoms with Gasteiger partial charge in [0.05, 0.1) is 7.11 Å². The fourth-order valence-corrected chi connectivity index (χ4v) is 0.234. The molecular formula is C5H11NO. The fourth-order valence-electron chi connectivity index (χ4n) is 0.234. The highest BCUT2D eigenvalue weighted by molar-refractivity contribution is 4.73. The molecule has 1 N–H and O–H groups in total. The van der Waals surface area contributed by atoms with Crippen LogP contribution in [-0.2, 0) is 4.84 Å². The minimum atomic E-state index is 1.04. The molecule has 0 aromatic rings. The van der Waals surface area contributed by atoms with E-state index in [4.69, 9.17) is 0 Å². The van der Waals surface area contributed by atoms with Gasteiger partial charge in [0.25, 0.3) is 0 Å². The van der Waals surface area contributed by atoms with Crippen molar-refractivity contribution in [3.63, 3.8) is 0 Å². The summed E-state index contributed by atoms with van der Waals surface area (Å²) in [6, 6.07) is 0. The van der Waals surface area contributed by atoms with Gasteiger partial charge in [-0.1, -0.05) is 13.0 Å². The van der Waals surface area contributed by atoms with Crippen LogP contribution in [0.25, 0.3) is 0 Å². The van der Waals surface area contributed by atoms with Crippen molar-refractivity contribution in [1.82, 2.24) is 5.48 Å². The van der Waals surface area contributed by atoms with Crippen molar-refractivity contribution >= 4 is 0 Å². The van der Waals surface area contributed by atoms with Crippen LogP contribution in [0.15, 0.2) is 12.3 Å². The molecule has 0 saturated carbocycles. The summed E-state index contributed by atoms with van der Waals surface area (Å²) in [5.41, 5.74) is 2.57. The molecule has 7 heavy (non-hydrogen) atoms. The Hall–Kier alpha value is -0.500. The van der Waals surface area contributed by atoms with Crippen molar-refractivity contribution in [2.24, 2.45) is 0 Å². The minimum absolute atomic E-state index is 1.04. The zero-order valence-electron chi connectivity index (χ0n) is 4.77. The molecule has 0 aromatic heterocycles. The summed E-state index contributed by atoms with van der Waals surface area (Å²) >= 11 is 0. The average molecular weight is 101 g/mol. The zero-order chi connectivity index (χ0) is 5.54. The normalized spacial score (nSPS) is 10.0. The third kappa shape index (κ3) is 5.50. The molecule has 0 aliphatic rings. The number of allylic oxidation sites excluding steroid dienone is 1. The smallest absolute Gasteiger partial charge is 0.0636 e. The minimum Gasteiger partial charge on any atom is -0.280 e. The Labute approximate surface area is 44.1 Å². The van der Waals surface area contributed by atoms with E-state index in [0.29, 0.717) is 0 Å². The summed E-state index contributed by atoms with van der Waals surface area (Å²) in [7, 11) is 1.58. The molecule has 0 saturated heterocycles. The summed E-state index contributed by atoms with van der Waals surface area (Å²) in [6.07, 6.45) is 4.78. The molecular weight excluding hydrogens is 90.1 g/mol. The van der Waals surface area contributed by atoms with Gasteiger partial charge in [-0.3, -0.25) is 10.3 Å². The monoisotopic (exact) mass is 101 g/mol. The Morgan fingerprint density at radius 3 is 2.86 bits per heavy atom. The van der Waals surface area contributed by atoms with Crippen LogP contribution in [0, 0.1) is 0 Å². The third-order valence-electron chi connectivity index (χ3n) is 0.539. The van der Waals surface area contributed by atoms with E-state index < -0.39 is 0 Å². The lowest BCUT2D eigenvalue weighted by Gasteiger charge is -1.89. The van der Waals surface area contributed by atoms with E-state index in [1.807, 2.05) is 6.08 Å². The van der Waals surface area contributed by atoms with Gasteiger partial charge in [0.2, 0.25) is 0 Å². The zero-order valence-corrected chi connectivity index (χ0v) is 4.77. The Morgan fingerprint density at radius 1 is 1.71 bits per heavy atom. The fraction of sp³-hybridized carbons (Fsp3) is 0.600. The molecule has 2 nitrogen and oxygen atoms in total. The first kappa shape index (κ1) is 6.50. The molecule has 42 valence electrons. The maximum atomic E-state index is 4.51. The highest BCUT2D eigenvalue weighted by Gasteiger charge is 1.62. The lowest BCUT2D eigenvalue weighted by atomic mass is 10.5. The first-order valence-corrected chi connectivity index (χ1v) is 2.35. The predicted octanol–water partition coefficient (Wildman–Crippen LogP) is 1.06. The van der Waals surface area contributed by atoms with Gasteiger partial charge in [-0.25, -0.2) is 0 Å². The molecule has 0 amide bonds. The van der Waals surface area contributed by atoms with Crippen LogP contribution in [0.5, 0.6) is 0 Å². The number of rotatable bonds is 3. The average Bonchev–Trinajstić information content (AvgIpc) is 1.69. The second kappa shape index (κ2) is 5.50. The Balaban J connectivity index is 2.78. The lowest BCUT2D eigenvalue weighted by molar-refractivity contribution is 0.128. The topological polar surface area (TPSA) is 21.3 Å². The van der Waals surface area contributed by atoms with Crippen molar-refractivity contribution in [3.05, 3.63) is 12.3 Å². The van der Waals surface area contributed by atoms with E-state index in [0.717, 1.165) is 6.42 Å². The van der Waals surface area contributed by atoms with E-state index >= 15 is 0 Å². The maximum Gasteiger partial charge on any atom is 0.0636 e. The van der Waals surface area contributed by atoms with Gasteiger partial charge in [-0.15, -0.1) is 0 Å². The molecule has 0 aliphatic carbocycles. The van der Waals surface area contributed by atoms with E-state index in [-0.39, 0.29) is 0 Å². The molecule has 0 rings (SSSR count). The van der Waals surface area contributed by atoms with Crippen LogP contribution in [0.4, 0.5) is 0 Å². The number of hydrogen-bond donors (Lipinski definition) is 1. The summed E-state index contributed by atoms with van der Waals surface area (Å²) in [6.45, 7) is 2.06. The van der Waals surface area contributed by atoms with Gasteiger partial charge < -0.3 is 0 Å². The van der Waals surface area contributed by atoms with Crippen LogP contribution < -0.4 is 5.48 Å². The van der Waals surface area contributed by atoms with Crippen LogP contribution >= 0.6 is 0 Å². The van der Waals surface area contributed by atoms with Crippen molar-refractivity contribution in [2.45, 2.75) is 13.3 Å². The second-order valence-electron chi connectivity index (χ2n) is 1.13. The largest absolute Gasteiger partial charge is 0.280 e.